The molecule has 2 aromatic rings. The molecule has 0 saturated heterocycles. The molecule has 34 heavy (non-hydrogen) atoms. The van der Waals surface area contributed by atoms with Crippen molar-refractivity contribution in [2.24, 2.45) is 0 Å². The van der Waals surface area contributed by atoms with Gasteiger partial charge in [0.25, 0.3) is 27.1 Å². The number of hydrogen-bond acceptors (Lipinski definition) is 12. The number of aromatic nitrogens is 1. The third-order valence-electron chi connectivity index (χ3n) is 4.90. The minimum Gasteiger partial charge on any atom is -0.485 e. The van der Waals surface area contributed by atoms with Crippen molar-refractivity contribution in [2.75, 3.05) is 0 Å². The fourth-order valence-corrected chi connectivity index (χ4v) is 3.57. The van der Waals surface area contributed by atoms with Gasteiger partial charge in [0.1, 0.15) is 11.4 Å². The van der Waals surface area contributed by atoms with Crippen molar-refractivity contribution in [1.82, 2.24) is 4.57 Å². The lowest BCUT2D eigenvalue weighted by atomic mass is 9.85. The van der Waals surface area contributed by atoms with E-state index in [4.69, 9.17) is 9.57 Å². The van der Waals surface area contributed by atoms with Gasteiger partial charge in [-0.25, -0.2) is 0 Å². The van der Waals surface area contributed by atoms with E-state index in [-0.39, 0.29) is 22.4 Å². The van der Waals surface area contributed by atoms with Gasteiger partial charge < -0.3 is 14.1 Å². The largest absolute Gasteiger partial charge is 0.485 e. The highest BCUT2D eigenvalue weighted by Crippen LogP contribution is 2.43. The Balaban J connectivity index is 2.25. The molecule has 3 rings (SSSR count). The van der Waals surface area contributed by atoms with Gasteiger partial charge in [-0.2, -0.15) is 5.26 Å². The van der Waals surface area contributed by atoms with E-state index < -0.39 is 44.9 Å². The molecule has 178 valence electrons. The standard InChI is InChI=1S/C18H15N5O11/c1-18(2)16(32-21(25)26)15(12-7-10(8-19)3-5-13(12)31-18)20-9-11(4-6-14(20)24)17(33-22(27)28)34-23(29)30/h3-7,9,15-17H,1-2H3. The average molecular weight is 477 g/mol. The second-order valence-corrected chi connectivity index (χ2v) is 7.46. The van der Waals surface area contributed by atoms with Crippen LogP contribution in [0.2, 0.25) is 0 Å². The van der Waals surface area contributed by atoms with Crippen molar-refractivity contribution in [3.8, 4) is 11.8 Å². The van der Waals surface area contributed by atoms with Gasteiger partial charge in [0.15, 0.2) is 6.10 Å². The smallest absolute Gasteiger partial charge is 0.297 e. The van der Waals surface area contributed by atoms with Gasteiger partial charge in [-0.1, -0.05) is 0 Å². The summed E-state index contributed by atoms with van der Waals surface area (Å²) < 4.78 is 6.73. The Hall–Kier alpha value is -4.94. The molecule has 1 aromatic carbocycles. The number of hydrogen-bond donors (Lipinski definition) is 0. The number of rotatable bonds is 8. The summed E-state index contributed by atoms with van der Waals surface area (Å²) in [6, 6.07) is 6.73. The maximum absolute atomic E-state index is 12.8. The zero-order valence-corrected chi connectivity index (χ0v) is 17.4. The van der Waals surface area contributed by atoms with E-state index in [0.29, 0.717) is 0 Å². The molecular weight excluding hydrogens is 462 g/mol. The lowest BCUT2D eigenvalue weighted by Gasteiger charge is -2.43. The van der Waals surface area contributed by atoms with Crippen LogP contribution < -0.4 is 10.3 Å². The summed E-state index contributed by atoms with van der Waals surface area (Å²) in [4.78, 5) is 58.9. The van der Waals surface area contributed by atoms with E-state index in [9.17, 15) is 40.4 Å². The molecule has 1 aromatic heterocycles. The summed E-state index contributed by atoms with van der Waals surface area (Å²) in [5.41, 5.74) is -2.16. The molecule has 2 heterocycles. The van der Waals surface area contributed by atoms with Crippen LogP contribution >= 0.6 is 0 Å². The van der Waals surface area contributed by atoms with E-state index in [1.165, 1.54) is 32.0 Å². The Kier molecular flexibility index (Phi) is 6.21. The SMILES string of the molecule is CC1(C)Oc2ccc(C#N)cc2C(n2cc(C(O[N+](=O)[O-])O[N+](=O)[O-])ccc2=O)C1O[N+](=O)[O-]. The molecule has 2 atom stereocenters. The van der Waals surface area contributed by atoms with E-state index in [1.807, 2.05) is 6.07 Å². The summed E-state index contributed by atoms with van der Waals surface area (Å²) in [6.45, 7) is 2.94. The predicted octanol–water partition coefficient (Wildman–Crippen LogP) is 1.47. The zero-order chi connectivity index (χ0) is 25.2. The summed E-state index contributed by atoms with van der Waals surface area (Å²) in [7, 11) is 0. The monoisotopic (exact) mass is 477 g/mol. The minimum atomic E-state index is -2.16. The van der Waals surface area contributed by atoms with Crippen LogP contribution in [0.4, 0.5) is 0 Å². The molecule has 0 fully saturated rings. The first-order valence-corrected chi connectivity index (χ1v) is 9.31. The van der Waals surface area contributed by atoms with Crippen LogP contribution in [0.15, 0.2) is 41.3 Å². The van der Waals surface area contributed by atoms with Crippen LogP contribution in [-0.4, -0.2) is 31.5 Å². The highest BCUT2D eigenvalue weighted by atomic mass is 17.0. The number of nitrogens with zero attached hydrogens (tertiary/aromatic N) is 5. The van der Waals surface area contributed by atoms with E-state index in [1.54, 1.807) is 0 Å². The van der Waals surface area contributed by atoms with Gasteiger partial charge in [0, 0.05) is 23.4 Å². The summed E-state index contributed by atoms with van der Waals surface area (Å²) in [5, 5.41) is 38.4. The van der Waals surface area contributed by atoms with Gasteiger partial charge in [-0.3, -0.25) is 14.5 Å². The third kappa shape index (κ3) is 4.77. The van der Waals surface area contributed by atoms with Crippen LogP contribution in [0.5, 0.6) is 5.75 Å². The number of fused-ring (bicyclic) bond motifs is 1. The highest BCUT2D eigenvalue weighted by molar-refractivity contribution is 5.47. The predicted molar refractivity (Wildman–Crippen MR) is 105 cm³/mol. The second-order valence-electron chi connectivity index (χ2n) is 7.46. The topological polar surface area (TPSA) is 212 Å². The number of ether oxygens (including phenoxy) is 1. The average Bonchev–Trinajstić information content (AvgIpc) is 2.73. The number of pyridine rings is 1. The van der Waals surface area contributed by atoms with Gasteiger partial charge in [-0.05, 0) is 38.1 Å². The molecule has 1 aliphatic heterocycles. The van der Waals surface area contributed by atoms with E-state index in [2.05, 4.69) is 9.68 Å². The Morgan fingerprint density at radius 3 is 2.29 bits per heavy atom. The normalized spacial score (nSPS) is 18.1. The molecule has 0 N–H and O–H groups in total. The van der Waals surface area contributed by atoms with Crippen LogP contribution in [-0.2, 0) is 14.5 Å². The van der Waals surface area contributed by atoms with Crippen molar-refractivity contribution < 1.29 is 34.5 Å². The highest BCUT2D eigenvalue weighted by Gasteiger charge is 2.48. The first kappa shape index (κ1) is 23.7. The van der Waals surface area contributed by atoms with Crippen molar-refractivity contribution in [3.63, 3.8) is 0 Å². The van der Waals surface area contributed by atoms with Crippen molar-refractivity contribution in [3.05, 3.63) is 93.9 Å². The first-order valence-electron chi connectivity index (χ1n) is 9.31. The maximum atomic E-state index is 12.8. The number of benzene rings is 1. The van der Waals surface area contributed by atoms with Crippen molar-refractivity contribution in [1.29, 1.82) is 5.26 Å². The molecule has 0 saturated carbocycles. The third-order valence-corrected chi connectivity index (χ3v) is 4.90. The lowest BCUT2D eigenvalue weighted by molar-refractivity contribution is -0.855. The molecule has 0 bridgehead atoms. The molecule has 0 aliphatic carbocycles. The zero-order valence-electron chi connectivity index (χ0n) is 17.4. The van der Waals surface area contributed by atoms with Crippen molar-refractivity contribution >= 4 is 0 Å². The maximum Gasteiger partial charge on any atom is 0.297 e. The van der Waals surface area contributed by atoms with Crippen LogP contribution in [0.25, 0.3) is 0 Å². The summed E-state index contributed by atoms with van der Waals surface area (Å²) in [5.74, 6) is 0.189. The van der Waals surface area contributed by atoms with Crippen LogP contribution in [0.3, 0.4) is 0 Å². The molecule has 0 radical (unpaired) electrons. The molecule has 0 spiro atoms. The van der Waals surface area contributed by atoms with Gasteiger partial charge >= 0.3 is 0 Å². The molecule has 0 amide bonds. The molecule has 1 aliphatic rings. The van der Waals surface area contributed by atoms with E-state index >= 15 is 0 Å². The number of nitriles is 1. The fraction of sp³-hybridized carbons (Fsp3) is 0.333. The summed E-state index contributed by atoms with van der Waals surface area (Å²) in [6.07, 6.45) is -2.67. The van der Waals surface area contributed by atoms with E-state index in [0.717, 1.165) is 22.9 Å². The lowest BCUT2D eigenvalue weighted by Crippen LogP contribution is -2.54. The van der Waals surface area contributed by atoms with Crippen LogP contribution in [0.1, 0.15) is 42.9 Å². The van der Waals surface area contributed by atoms with Gasteiger partial charge in [-0.15, -0.1) is 30.3 Å². The van der Waals surface area contributed by atoms with Crippen molar-refractivity contribution in [2.45, 2.75) is 37.9 Å². The first-order chi connectivity index (χ1) is 15.9. The Labute approximate surface area is 188 Å². The molecular formula is C18H15N5O11. The van der Waals surface area contributed by atoms with Crippen LogP contribution in [0, 0.1) is 41.7 Å². The molecule has 16 heteroatoms. The second kappa shape index (κ2) is 8.90. The quantitative estimate of drug-likeness (QED) is 0.300. The summed E-state index contributed by atoms with van der Waals surface area (Å²) >= 11 is 0. The molecule has 2 unspecified atom stereocenters. The Bertz CT molecular complexity index is 1240. The van der Waals surface area contributed by atoms with Gasteiger partial charge in [0.2, 0.25) is 0 Å². The Morgan fingerprint density at radius 2 is 1.74 bits per heavy atom. The minimum absolute atomic E-state index is 0.141. The fourth-order valence-electron chi connectivity index (χ4n) is 3.57. The molecule has 16 nitrogen and oxygen atoms in total. The van der Waals surface area contributed by atoms with Gasteiger partial charge in [0.05, 0.1) is 17.7 Å². The Morgan fingerprint density at radius 1 is 1.09 bits per heavy atom.